The van der Waals surface area contributed by atoms with Crippen molar-refractivity contribution in [1.29, 1.82) is 0 Å². The van der Waals surface area contributed by atoms with E-state index in [4.69, 9.17) is 9.84 Å². The van der Waals surface area contributed by atoms with Crippen LogP contribution in [0.3, 0.4) is 0 Å². The fraction of sp³-hybridized carbons (Fsp3) is 0.304. The van der Waals surface area contributed by atoms with E-state index in [0.717, 1.165) is 20.9 Å². The van der Waals surface area contributed by atoms with Crippen molar-refractivity contribution >= 4 is 61.9 Å². The summed E-state index contributed by atoms with van der Waals surface area (Å²) in [6.45, 7) is 4.44. The minimum Gasteiger partial charge on any atom is -0.494 e. The molecular weight excluding hydrogens is 462 g/mol. The molecule has 8 nitrogen and oxygen atoms in total. The van der Waals surface area contributed by atoms with Gasteiger partial charge in [-0.1, -0.05) is 24.3 Å². The SMILES string of the molecule is CCOc1ccc2nc(NC(=O)C(CC)Sc3cccc(NC(=O)CCC(=O)O)c3)sc2c1. The number of thioether (sulfide) groups is 1. The maximum Gasteiger partial charge on any atom is 0.303 e. The van der Waals surface area contributed by atoms with Gasteiger partial charge in [0.25, 0.3) is 0 Å². The number of carbonyl (C=O) groups excluding carboxylic acids is 2. The number of nitrogens with zero attached hydrogens (tertiary/aromatic N) is 1. The van der Waals surface area contributed by atoms with Gasteiger partial charge < -0.3 is 20.5 Å². The molecule has 0 radical (unpaired) electrons. The molecule has 1 heterocycles. The van der Waals surface area contributed by atoms with Gasteiger partial charge in [-0.25, -0.2) is 4.98 Å². The van der Waals surface area contributed by atoms with Crippen molar-refractivity contribution < 1.29 is 24.2 Å². The summed E-state index contributed by atoms with van der Waals surface area (Å²) >= 11 is 2.79. The summed E-state index contributed by atoms with van der Waals surface area (Å²) < 4.78 is 6.45. The van der Waals surface area contributed by atoms with E-state index in [-0.39, 0.29) is 29.9 Å². The van der Waals surface area contributed by atoms with E-state index in [2.05, 4.69) is 15.6 Å². The van der Waals surface area contributed by atoms with Crippen molar-refractivity contribution in [3.05, 3.63) is 42.5 Å². The van der Waals surface area contributed by atoms with Crippen LogP contribution < -0.4 is 15.4 Å². The highest BCUT2D eigenvalue weighted by Crippen LogP contribution is 2.32. The van der Waals surface area contributed by atoms with E-state index < -0.39 is 5.97 Å². The van der Waals surface area contributed by atoms with Crippen molar-refractivity contribution in [3.63, 3.8) is 0 Å². The Labute approximate surface area is 199 Å². The number of carbonyl (C=O) groups is 3. The summed E-state index contributed by atoms with van der Waals surface area (Å²) in [5.41, 5.74) is 1.35. The van der Waals surface area contributed by atoms with Crippen LogP contribution in [0.5, 0.6) is 5.75 Å². The van der Waals surface area contributed by atoms with Gasteiger partial charge in [0.1, 0.15) is 5.75 Å². The molecule has 0 saturated carbocycles. The number of rotatable bonds is 11. The maximum atomic E-state index is 12.9. The first-order valence-corrected chi connectivity index (χ1v) is 12.2. The van der Waals surface area contributed by atoms with Gasteiger partial charge in [0, 0.05) is 17.0 Å². The van der Waals surface area contributed by atoms with Crippen LogP contribution in [0.1, 0.15) is 33.1 Å². The summed E-state index contributed by atoms with van der Waals surface area (Å²) in [7, 11) is 0. The minimum atomic E-state index is -1.02. The Bertz CT molecular complexity index is 1150. The zero-order valence-corrected chi connectivity index (χ0v) is 19.9. The molecule has 1 atom stereocenters. The number of aromatic nitrogens is 1. The Hall–Kier alpha value is -3.11. The van der Waals surface area contributed by atoms with Gasteiger partial charge in [0.2, 0.25) is 11.8 Å². The fourth-order valence-electron chi connectivity index (χ4n) is 2.98. The Morgan fingerprint density at radius 3 is 2.67 bits per heavy atom. The number of hydrogen-bond donors (Lipinski definition) is 3. The second-order valence-electron chi connectivity index (χ2n) is 7.06. The van der Waals surface area contributed by atoms with E-state index in [1.807, 2.05) is 38.1 Å². The molecule has 2 aromatic carbocycles. The number of ether oxygens (including phenoxy) is 1. The van der Waals surface area contributed by atoms with Crippen LogP contribution >= 0.6 is 23.1 Å². The van der Waals surface area contributed by atoms with Gasteiger partial charge in [-0.2, -0.15) is 0 Å². The van der Waals surface area contributed by atoms with Gasteiger partial charge in [-0.15, -0.1) is 11.8 Å². The fourth-order valence-corrected chi connectivity index (χ4v) is 4.89. The third-order valence-corrected chi connectivity index (χ3v) is 6.82. The van der Waals surface area contributed by atoms with E-state index >= 15 is 0 Å². The third-order valence-electron chi connectivity index (χ3n) is 4.53. The Kier molecular flexibility index (Phi) is 8.67. The number of hydrogen-bond acceptors (Lipinski definition) is 7. The Morgan fingerprint density at radius 1 is 1.12 bits per heavy atom. The predicted octanol–water partition coefficient (Wildman–Crippen LogP) is 5.01. The number of anilines is 2. The number of amides is 2. The molecule has 33 heavy (non-hydrogen) atoms. The number of carboxylic acids is 1. The third kappa shape index (κ3) is 7.19. The highest BCUT2D eigenvalue weighted by atomic mass is 32.2. The van der Waals surface area contributed by atoms with Crippen molar-refractivity contribution in [1.82, 2.24) is 4.98 Å². The topological polar surface area (TPSA) is 118 Å². The van der Waals surface area contributed by atoms with Gasteiger partial charge in [0.05, 0.1) is 28.5 Å². The number of carboxylic acid groups (broad SMARTS) is 1. The van der Waals surface area contributed by atoms with Crippen LogP contribution in [-0.2, 0) is 14.4 Å². The van der Waals surface area contributed by atoms with Gasteiger partial charge in [-0.3, -0.25) is 14.4 Å². The average Bonchev–Trinajstić information content (AvgIpc) is 3.18. The molecule has 10 heteroatoms. The molecule has 174 valence electrons. The standard InChI is InChI=1S/C23H25N3O5S2/c1-3-18(32-16-7-5-6-14(12-16)24-20(27)10-11-21(28)29)22(30)26-23-25-17-9-8-15(31-4-2)13-19(17)33-23/h5-9,12-13,18H,3-4,10-11H2,1-2H3,(H,24,27)(H,28,29)(H,25,26,30). The molecule has 3 rings (SSSR count). The molecule has 2 amide bonds. The van der Waals surface area contributed by atoms with Gasteiger partial charge >= 0.3 is 5.97 Å². The highest BCUT2D eigenvalue weighted by Gasteiger charge is 2.20. The van der Waals surface area contributed by atoms with Crippen LogP contribution in [0.2, 0.25) is 0 Å². The molecule has 3 N–H and O–H groups in total. The number of nitrogens with one attached hydrogen (secondary N) is 2. The lowest BCUT2D eigenvalue weighted by Crippen LogP contribution is -2.24. The molecule has 0 saturated heterocycles. The smallest absolute Gasteiger partial charge is 0.303 e. The van der Waals surface area contributed by atoms with Gasteiger partial charge in [-0.05, 0) is 49.7 Å². The monoisotopic (exact) mass is 487 g/mol. The molecule has 0 aliphatic heterocycles. The first-order chi connectivity index (χ1) is 15.9. The minimum absolute atomic E-state index is 0.0963. The molecule has 0 aliphatic carbocycles. The highest BCUT2D eigenvalue weighted by molar-refractivity contribution is 8.00. The largest absolute Gasteiger partial charge is 0.494 e. The number of aliphatic carboxylic acids is 1. The molecule has 0 bridgehead atoms. The molecule has 3 aromatic rings. The molecule has 0 spiro atoms. The quantitative estimate of drug-likeness (QED) is 0.326. The lowest BCUT2D eigenvalue weighted by atomic mass is 10.2. The molecule has 1 unspecified atom stereocenters. The zero-order valence-electron chi connectivity index (χ0n) is 18.3. The lowest BCUT2D eigenvalue weighted by Gasteiger charge is -2.14. The number of thiazole rings is 1. The molecule has 0 aliphatic rings. The van der Waals surface area contributed by atoms with E-state index in [9.17, 15) is 14.4 Å². The lowest BCUT2D eigenvalue weighted by molar-refractivity contribution is -0.138. The molecule has 0 fully saturated rings. The number of fused-ring (bicyclic) bond motifs is 1. The first kappa shape index (κ1) is 24.5. The van der Waals surface area contributed by atoms with E-state index in [1.54, 1.807) is 18.2 Å². The van der Waals surface area contributed by atoms with Crippen LogP contribution in [0.4, 0.5) is 10.8 Å². The predicted molar refractivity (Wildman–Crippen MR) is 131 cm³/mol. The summed E-state index contributed by atoms with van der Waals surface area (Å²) in [4.78, 5) is 40.7. The van der Waals surface area contributed by atoms with Crippen LogP contribution in [0.25, 0.3) is 10.2 Å². The van der Waals surface area contributed by atoms with Crippen molar-refractivity contribution in [2.75, 3.05) is 17.2 Å². The maximum absolute atomic E-state index is 12.9. The number of benzene rings is 2. The zero-order chi connectivity index (χ0) is 23.8. The summed E-state index contributed by atoms with van der Waals surface area (Å²) in [6.07, 6.45) is 0.281. The average molecular weight is 488 g/mol. The van der Waals surface area contributed by atoms with Crippen LogP contribution in [0, 0.1) is 0 Å². The Balaban J connectivity index is 1.63. The molecule has 1 aromatic heterocycles. The van der Waals surface area contributed by atoms with Crippen molar-refractivity contribution in [2.24, 2.45) is 0 Å². The second kappa shape index (κ2) is 11.7. The van der Waals surface area contributed by atoms with Crippen LogP contribution in [0.15, 0.2) is 47.4 Å². The van der Waals surface area contributed by atoms with E-state index in [0.29, 0.717) is 23.8 Å². The summed E-state index contributed by atoms with van der Waals surface area (Å²) in [5, 5.41) is 14.5. The van der Waals surface area contributed by atoms with Crippen molar-refractivity contribution in [2.45, 2.75) is 43.3 Å². The second-order valence-corrected chi connectivity index (χ2v) is 9.36. The summed E-state index contributed by atoms with van der Waals surface area (Å²) in [5.74, 6) is -0.771. The van der Waals surface area contributed by atoms with Gasteiger partial charge in [0.15, 0.2) is 5.13 Å². The summed E-state index contributed by atoms with van der Waals surface area (Å²) in [6, 6.07) is 12.8. The van der Waals surface area contributed by atoms with E-state index in [1.165, 1.54) is 23.1 Å². The molecular formula is C23H25N3O5S2. The first-order valence-electron chi connectivity index (χ1n) is 10.5. The van der Waals surface area contributed by atoms with Crippen molar-refractivity contribution in [3.8, 4) is 5.75 Å². The normalized spacial score (nSPS) is 11.7. The Morgan fingerprint density at radius 2 is 1.94 bits per heavy atom. The van der Waals surface area contributed by atoms with Crippen LogP contribution in [-0.4, -0.2) is 39.7 Å².